The minimum absolute atomic E-state index is 0.358. The third-order valence-electron chi connectivity index (χ3n) is 4.12. The zero-order valence-corrected chi connectivity index (χ0v) is 16.9. The monoisotopic (exact) mass is 438 g/mol. The van der Waals surface area contributed by atoms with Crippen molar-refractivity contribution in [2.75, 3.05) is 11.9 Å². The van der Waals surface area contributed by atoms with E-state index in [0.29, 0.717) is 26.2 Å². The van der Waals surface area contributed by atoms with Crippen molar-refractivity contribution in [1.82, 2.24) is 0 Å². The maximum Gasteiger partial charge on any atom is 0.331 e. The second-order valence-corrected chi connectivity index (χ2v) is 8.01. The molecule has 28 heavy (non-hydrogen) atoms. The number of hydrogen-bond acceptors (Lipinski definition) is 5. The number of aryl methyl sites for hydroxylation is 1. The summed E-state index contributed by atoms with van der Waals surface area (Å²) >= 11 is 13.1. The highest BCUT2D eigenvalue weighted by Crippen LogP contribution is 2.38. The zero-order chi connectivity index (χ0) is 20.3. The molecule has 3 rings (SSSR count). The number of hydrogen-bond donors (Lipinski definition) is 2. The van der Waals surface area contributed by atoms with E-state index in [-0.39, 0.29) is 0 Å². The van der Waals surface area contributed by atoms with Gasteiger partial charge in [-0.05, 0) is 48.6 Å². The molecule has 0 saturated heterocycles. The number of thiophene rings is 1. The van der Waals surface area contributed by atoms with E-state index in [1.54, 1.807) is 18.2 Å². The Morgan fingerprint density at radius 3 is 2.71 bits per heavy atom. The van der Waals surface area contributed by atoms with E-state index >= 15 is 0 Å². The topological polar surface area (TPSA) is 98.5 Å². The number of rotatable bonds is 6. The van der Waals surface area contributed by atoms with Gasteiger partial charge < -0.3 is 15.8 Å². The molecule has 2 amide bonds. The summed E-state index contributed by atoms with van der Waals surface area (Å²) in [6.07, 6.45) is 5.29. The number of amides is 2. The molecule has 1 heterocycles. The van der Waals surface area contributed by atoms with Gasteiger partial charge in [-0.25, -0.2) is 4.79 Å². The standard InChI is InChI=1S/C19H16Cl2N2O4S/c20-12-6-4-10(8-13(12)21)5-7-16(25)27-9-15(24)23-19-17(18(22)26)11-2-1-3-14(11)28-19/h4-8H,1-3,9H2,(H2,22,26)(H,23,24). The van der Waals surface area contributed by atoms with Gasteiger partial charge in [0.1, 0.15) is 5.00 Å². The zero-order valence-electron chi connectivity index (χ0n) is 14.6. The van der Waals surface area contributed by atoms with E-state index in [2.05, 4.69) is 5.32 Å². The van der Waals surface area contributed by atoms with Crippen molar-refractivity contribution in [3.05, 3.63) is 55.9 Å². The van der Waals surface area contributed by atoms with Crippen LogP contribution in [0.15, 0.2) is 24.3 Å². The van der Waals surface area contributed by atoms with Crippen LogP contribution in [0.2, 0.25) is 10.0 Å². The van der Waals surface area contributed by atoms with Gasteiger partial charge >= 0.3 is 5.97 Å². The lowest BCUT2D eigenvalue weighted by Gasteiger charge is -2.06. The van der Waals surface area contributed by atoms with Crippen LogP contribution in [0.25, 0.3) is 6.08 Å². The third kappa shape index (κ3) is 4.73. The molecule has 2 aromatic rings. The average Bonchev–Trinajstić information content (AvgIpc) is 3.21. The summed E-state index contributed by atoms with van der Waals surface area (Å²) in [5.74, 6) is -1.81. The fourth-order valence-electron chi connectivity index (χ4n) is 2.88. The van der Waals surface area contributed by atoms with Crippen molar-refractivity contribution in [2.24, 2.45) is 5.73 Å². The lowest BCUT2D eigenvalue weighted by molar-refractivity contribution is -0.142. The average molecular weight is 439 g/mol. The smallest absolute Gasteiger partial charge is 0.331 e. The van der Waals surface area contributed by atoms with Gasteiger partial charge in [0.2, 0.25) is 0 Å². The Labute approximate surface area is 175 Å². The number of esters is 1. The molecule has 1 aromatic carbocycles. The molecular weight excluding hydrogens is 423 g/mol. The molecule has 146 valence electrons. The van der Waals surface area contributed by atoms with Crippen LogP contribution in [-0.2, 0) is 27.2 Å². The second kappa shape index (κ2) is 8.77. The first-order valence-electron chi connectivity index (χ1n) is 8.39. The Balaban J connectivity index is 1.56. The molecule has 6 nitrogen and oxygen atoms in total. The highest BCUT2D eigenvalue weighted by molar-refractivity contribution is 7.17. The fraction of sp³-hybridized carbons (Fsp3) is 0.211. The van der Waals surface area contributed by atoms with Crippen molar-refractivity contribution in [3.8, 4) is 0 Å². The quantitative estimate of drug-likeness (QED) is 0.528. The summed E-state index contributed by atoms with van der Waals surface area (Å²) in [7, 11) is 0. The van der Waals surface area contributed by atoms with Crippen molar-refractivity contribution < 1.29 is 19.1 Å². The largest absolute Gasteiger partial charge is 0.452 e. The van der Waals surface area contributed by atoms with Crippen LogP contribution < -0.4 is 11.1 Å². The summed E-state index contributed by atoms with van der Waals surface area (Å²) in [5, 5.41) is 3.79. The number of halogens is 2. The van der Waals surface area contributed by atoms with Gasteiger partial charge in [-0.1, -0.05) is 29.3 Å². The van der Waals surface area contributed by atoms with Gasteiger partial charge in [0, 0.05) is 11.0 Å². The van der Waals surface area contributed by atoms with Gasteiger partial charge in [0.05, 0.1) is 15.6 Å². The van der Waals surface area contributed by atoms with Gasteiger partial charge in [-0.15, -0.1) is 11.3 Å². The summed E-state index contributed by atoms with van der Waals surface area (Å²) < 4.78 is 4.92. The highest BCUT2D eigenvalue weighted by Gasteiger charge is 2.26. The van der Waals surface area contributed by atoms with E-state index in [4.69, 9.17) is 33.7 Å². The molecule has 0 fully saturated rings. The second-order valence-electron chi connectivity index (χ2n) is 6.09. The van der Waals surface area contributed by atoms with Crippen LogP contribution in [0, 0.1) is 0 Å². The van der Waals surface area contributed by atoms with Crippen molar-refractivity contribution in [1.29, 1.82) is 0 Å². The van der Waals surface area contributed by atoms with E-state index in [9.17, 15) is 14.4 Å². The molecule has 0 spiro atoms. The number of primary amides is 1. The lowest BCUT2D eigenvalue weighted by Crippen LogP contribution is -2.22. The number of nitrogens with one attached hydrogen (secondary N) is 1. The Morgan fingerprint density at radius 2 is 2.00 bits per heavy atom. The Bertz CT molecular complexity index is 985. The van der Waals surface area contributed by atoms with Crippen LogP contribution >= 0.6 is 34.5 Å². The van der Waals surface area contributed by atoms with Crippen LogP contribution in [0.1, 0.15) is 32.8 Å². The first kappa shape index (κ1) is 20.4. The summed E-state index contributed by atoms with van der Waals surface area (Å²) in [6.45, 7) is -0.481. The number of carbonyl (C=O) groups excluding carboxylic acids is 3. The van der Waals surface area contributed by atoms with E-state index in [0.717, 1.165) is 29.7 Å². The lowest BCUT2D eigenvalue weighted by atomic mass is 10.1. The predicted molar refractivity (Wildman–Crippen MR) is 110 cm³/mol. The van der Waals surface area contributed by atoms with Gasteiger partial charge in [0.15, 0.2) is 6.61 Å². The predicted octanol–water partition coefficient (Wildman–Crippen LogP) is 3.84. The van der Waals surface area contributed by atoms with Crippen molar-refractivity contribution in [3.63, 3.8) is 0 Å². The first-order chi connectivity index (χ1) is 13.3. The van der Waals surface area contributed by atoms with Crippen LogP contribution in [-0.4, -0.2) is 24.4 Å². The molecule has 1 aliphatic rings. The highest BCUT2D eigenvalue weighted by atomic mass is 35.5. The van der Waals surface area contributed by atoms with Gasteiger partial charge in [0.25, 0.3) is 11.8 Å². The molecule has 0 aliphatic heterocycles. The van der Waals surface area contributed by atoms with Crippen LogP contribution in [0.5, 0.6) is 0 Å². The fourth-order valence-corrected chi connectivity index (χ4v) is 4.50. The molecule has 1 aliphatic carbocycles. The molecule has 0 unspecified atom stereocenters. The number of benzene rings is 1. The molecule has 0 radical (unpaired) electrons. The molecule has 0 saturated carbocycles. The Hall–Kier alpha value is -2.35. The van der Waals surface area contributed by atoms with Crippen molar-refractivity contribution in [2.45, 2.75) is 19.3 Å². The van der Waals surface area contributed by atoms with E-state index in [1.807, 2.05) is 0 Å². The van der Waals surface area contributed by atoms with Crippen LogP contribution in [0.3, 0.4) is 0 Å². The molecular formula is C19H16Cl2N2O4S. The molecule has 0 bridgehead atoms. The number of ether oxygens (including phenoxy) is 1. The number of nitrogens with two attached hydrogens (primary N) is 1. The molecule has 0 atom stereocenters. The Morgan fingerprint density at radius 1 is 1.21 bits per heavy atom. The molecule has 3 N–H and O–H groups in total. The SMILES string of the molecule is NC(=O)c1c(NC(=O)COC(=O)C=Cc2ccc(Cl)c(Cl)c2)sc2c1CCC2. The van der Waals surface area contributed by atoms with E-state index in [1.165, 1.54) is 23.5 Å². The molecule has 1 aromatic heterocycles. The van der Waals surface area contributed by atoms with Crippen molar-refractivity contribution >= 4 is 63.4 Å². The minimum atomic E-state index is -0.690. The minimum Gasteiger partial charge on any atom is -0.452 e. The van der Waals surface area contributed by atoms with E-state index < -0.39 is 24.4 Å². The van der Waals surface area contributed by atoms with Gasteiger partial charge in [-0.3, -0.25) is 9.59 Å². The van der Waals surface area contributed by atoms with Crippen LogP contribution in [0.4, 0.5) is 5.00 Å². The summed E-state index contributed by atoms with van der Waals surface area (Å²) in [5.41, 5.74) is 7.38. The number of fused-ring (bicyclic) bond motifs is 1. The number of carbonyl (C=O) groups is 3. The van der Waals surface area contributed by atoms with Gasteiger partial charge in [-0.2, -0.15) is 0 Å². The summed E-state index contributed by atoms with van der Waals surface area (Å²) in [4.78, 5) is 36.7. The maximum atomic E-state index is 12.1. The number of anilines is 1. The normalized spacial score (nSPS) is 12.8. The Kier molecular flexibility index (Phi) is 6.39. The molecule has 9 heteroatoms. The summed E-state index contributed by atoms with van der Waals surface area (Å²) in [6, 6.07) is 4.89. The first-order valence-corrected chi connectivity index (χ1v) is 9.96. The maximum absolute atomic E-state index is 12.1. The third-order valence-corrected chi connectivity index (χ3v) is 6.07.